The van der Waals surface area contributed by atoms with Gasteiger partial charge < -0.3 is 14.8 Å². The second-order valence-electron chi connectivity index (χ2n) is 6.79. The molecule has 2 bridgehead atoms. The van der Waals surface area contributed by atoms with Gasteiger partial charge in [0.25, 0.3) is 0 Å². The highest BCUT2D eigenvalue weighted by Crippen LogP contribution is 2.45. The van der Waals surface area contributed by atoms with Crippen molar-refractivity contribution in [3.05, 3.63) is 53.6 Å². The summed E-state index contributed by atoms with van der Waals surface area (Å²) in [6, 6.07) is 13.5. The number of aryl methyl sites for hydroxylation is 1. The first kappa shape index (κ1) is 15.8. The maximum atomic E-state index is 12.8. The highest BCUT2D eigenvalue weighted by Gasteiger charge is 2.49. The number of carbonyl (C=O) groups is 1. The van der Waals surface area contributed by atoms with Gasteiger partial charge in [0.15, 0.2) is 5.72 Å². The predicted molar refractivity (Wildman–Crippen MR) is 96.2 cm³/mol. The van der Waals surface area contributed by atoms with Gasteiger partial charge in [-0.25, -0.2) is 4.79 Å². The van der Waals surface area contributed by atoms with E-state index in [1.807, 2.05) is 57.2 Å². The van der Waals surface area contributed by atoms with Gasteiger partial charge in [-0.1, -0.05) is 17.7 Å². The Hall–Kier alpha value is -2.69. The Morgan fingerprint density at radius 3 is 2.76 bits per heavy atom. The zero-order valence-electron chi connectivity index (χ0n) is 14.7. The number of fused-ring (bicyclic) bond motifs is 4. The van der Waals surface area contributed by atoms with Gasteiger partial charge >= 0.3 is 6.03 Å². The number of urea groups is 1. The number of anilines is 1. The molecule has 0 aromatic heterocycles. The van der Waals surface area contributed by atoms with E-state index >= 15 is 0 Å². The van der Waals surface area contributed by atoms with Crippen molar-refractivity contribution in [1.82, 2.24) is 5.32 Å². The van der Waals surface area contributed by atoms with Crippen molar-refractivity contribution in [2.24, 2.45) is 0 Å². The highest BCUT2D eigenvalue weighted by atomic mass is 16.5. The van der Waals surface area contributed by atoms with E-state index in [0.29, 0.717) is 13.0 Å². The highest BCUT2D eigenvalue weighted by molar-refractivity contribution is 5.95. The lowest BCUT2D eigenvalue weighted by Crippen LogP contribution is -2.65. The summed E-state index contributed by atoms with van der Waals surface area (Å²) in [5.41, 5.74) is 2.28. The molecule has 2 atom stereocenters. The number of ether oxygens (including phenoxy) is 2. The molecule has 1 fully saturated rings. The van der Waals surface area contributed by atoms with Crippen LogP contribution in [-0.4, -0.2) is 18.4 Å². The number of hydrogen-bond donors (Lipinski definition) is 1. The van der Waals surface area contributed by atoms with Gasteiger partial charge in [-0.05, 0) is 51.1 Å². The van der Waals surface area contributed by atoms with Crippen LogP contribution in [0, 0.1) is 6.92 Å². The van der Waals surface area contributed by atoms with E-state index in [1.165, 1.54) is 0 Å². The van der Waals surface area contributed by atoms with Gasteiger partial charge in [0.2, 0.25) is 0 Å². The van der Waals surface area contributed by atoms with Crippen LogP contribution in [-0.2, 0) is 0 Å². The predicted octanol–water partition coefficient (Wildman–Crippen LogP) is 4.16. The normalized spacial score (nSPS) is 24.2. The number of hydrogen-bond acceptors (Lipinski definition) is 3. The average molecular weight is 338 g/mol. The third-order valence-corrected chi connectivity index (χ3v) is 4.83. The molecule has 130 valence electrons. The fraction of sp³-hybridized carbons (Fsp3) is 0.350. The Balaban J connectivity index is 1.71. The maximum Gasteiger partial charge on any atom is 0.325 e. The van der Waals surface area contributed by atoms with Crippen LogP contribution in [0.5, 0.6) is 11.5 Å². The molecule has 2 amide bonds. The molecule has 25 heavy (non-hydrogen) atoms. The third kappa shape index (κ3) is 2.60. The lowest BCUT2D eigenvalue weighted by atomic mass is 9.89. The van der Waals surface area contributed by atoms with Crippen molar-refractivity contribution in [2.75, 3.05) is 11.5 Å². The van der Waals surface area contributed by atoms with Crippen molar-refractivity contribution < 1.29 is 14.3 Å². The zero-order chi connectivity index (χ0) is 17.6. The second-order valence-corrected chi connectivity index (χ2v) is 6.79. The lowest BCUT2D eigenvalue weighted by Gasteiger charge is -2.50. The fourth-order valence-corrected chi connectivity index (χ4v) is 3.74. The molecule has 2 aromatic rings. The van der Waals surface area contributed by atoms with Crippen molar-refractivity contribution in [3.8, 4) is 11.5 Å². The van der Waals surface area contributed by atoms with E-state index < -0.39 is 5.72 Å². The van der Waals surface area contributed by atoms with Gasteiger partial charge in [0.1, 0.15) is 11.5 Å². The smallest absolute Gasteiger partial charge is 0.325 e. The van der Waals surface area contributed by atoms with Gasteiger partial charge in [0, 0.05) is 17.7 Å². The van der Waals surface area contributed by atoms with E-state index in [4.69, 9.17) is 9.47 Å². The summed E-state index contributed by atoms with van der Waals surface area (Å²) in [6.07, 6.45) is 0.697. The molecule has 0 saturated carbocycles. The third-order valence-electron chi connectivity index (χ3n) is 4.83. The van der Waals surface area contributed by atoms with Crippen molar-refractivity contribution in [1.29, 1.82) is 0 Å². The second kappa shape index (κ2) is 5.69. The largest absolute Gasteiger partial charge is 0.494 e. The Bertz CT molecular complexity index is 818. The summed E-state index contributed by atoms with van der Waals surface area (Å²) in [4.78, 5) is 14.5. The summed E-state index contributed by atoms with van der Waals surface area (Å²) < 4.78 is 11.8. The van der Waals surface area contributed by atoms with Crippen LogP contribution in [0.1, 0.15) is 37.4 Å². The van der Waals surface area contributed by atoms with Crippen LogP contribution < -0.4 is 19.7 Å². The van der Waals surface area contributed by atoms with Gasteiger partial charge in [-0.15, -0.1) is 0 Å². The van der Waals surface area contributed by atoms with Crippen molar-refractivity contribution in [3.63, 3.8) is 0 Å². The molecule has 1 N–H and O–H groups in total. The van der Waals surface area contributed by atoms with E-state index in [9.17, 15) is 4.79 Å². The number of carbonyl (C=O) groups excluding carboxylic acids is 1. The summed E-state index contributed by atoms with van der Waals surface area (Å²) in [7, 11) is 0. The summed E-state index contributed by atoms with van der Waals surface area (Å²) in [5, 5.41) is 3.12. The number of nitrogens with one attached hydrogen (secondary N) is 1. The monoisotopic (exact) mass is 338 g/mol. The van der Waals surface area contributed by atoms with E-state index in [1.54, 1.807) is 4.90 Å². The Morgan fingerprint density at radius 1 is 1.28 bits per heavy atom. The van der Waals surface area contributed by atoms with Crippen LogP contribution in [0.2, 0.25) is 0 Å². The van der Waals surface area contributed by atoms with Crippen LogP contribution >= 0.6 is 0 Å². The SMILES string of the molecule is CCOc1ccc(N2C(=O)N[C@H]3C[C@]2(C)Oc2ccc(C)cc23)cc1. The molecule has 5 nitrogen and oxygen atoms in total. The van der Waals surface area contributed by atoms with Crippen LogP contribution in [0.15, 0.2) is 42.5 Å². The van der Waals surface area contributed by atoms with Gasteiger partial charge in [-0.2, -0.15) is 0 Å². The topological polar surface area (TPSA) is 50.8 Å². The standard InChI is InChI=1S/C20H22N2O3/c1-4-24-15-8-6-14(7-9-15)22-19(23)21-17-12-20(22,3)25-18-10-5-13(2)11-16(17)18/h5-11,17H,4,12H2,1-3H3,(H,21,23)/t17-,20-/m0/s1. The zero-order valence-corrected chi connectivity index (χ0v) is 14.7. The number of benzene rings is 2. The number of rotatable bonds is 3. The minimum Gasteiger partial charge on any atom is -0.494 e. The Labute approximate surface area is 147 Å². The van der Waals surface area contributed by atoms with Gasteiger partial charge in [0.05, 0.1) is 12.6 Å². The minimum absolute atomic E-state index is 0.0277. The Kier molecular flexibility index (Phi) is 3.60. The quantitative estimate of drug-likeness (QED) is 0.914. The first-order valence-corrected chi connectivity index (χ1v) is 8.63. The van der Waals surface area contributed by atoms with Gasteiger partial charge in [-0.3, -0.25) is 4.90 Å². The molecule has 2 aromatic carbocycles. The molecule has 0 radical (unpaired) electrons. The minimum atomic E-state index is -0.720. The lowest BCUT2D eigenvalue weighted by molar-refractivity contribution is 0.0378. The van der Waals surface area contributed by atoms with E-state index in [2.05, 4.69) is 11.4 Å². The van der Waals surface area contributed by atoms with Crippen LogP contribution in [0.3, 0.4) is 0 Å². The summed E-state index contributed by atoms with van der Waals surface area (Å²) in [6.45, 7) is 6.58. The molecule has 5 heteroatoms. The molecular formula is C20H22N2O3. The summed E-state index contributed by atoms with van der Waals surface area (Å²) >= 11 is 0. The molecule has 2 aliphatic rings. The van der Waals surface area contributed by atoms with Crippen molar-refractivity contribution in [2.45, 2.75) is 39.0 Å². The average Bonchev–Trinajstić information content (AvgIpc) is 2.57. The van der Waals surface area contributed by atoms with Crippen LogP contribution in [0.25, 0.3) is 0 Å². The number of nitrogens with zero attached hydrogens (tertiary/aromatic N) is 1. The first-order chi connectivity index (χ1) is 12.0. The van der Waals surface area contributed by atoms with Crippen molar-refractivity contribution >= 4 is 11.7 Å². The molecule has 1 saturated heterocycles. The molecule has 2 heterocycles. The molecule has 0 aliphatic carbocycles. The molecular weight excluding hydrogens is 316 g/mol. The van der Waals surface area contributed by atoms with E-state index in [-0.39, 0.29) is 12.1 Å². The molecule has 4 rings (SSSR count). The van der Waals surface area contributed by atoms with E-state index in [0.717, 1.165) is 28.3 Å². The molecule has 0 spiro atoms. The Morgan fingerprint density at radius 2 is 2.04 bits per heavy atom. The fourth-order valence-electron chi connectivity index (χ4n) is 3.74. The molecule has 0 unspecified atom stereocenters. The molecule has 2 aliphatic heterocycles. The summed E-state index contributed by atoms with van der Waals surface area (Å²) in [5.74, 6) is 1.62. The van der Waals surface area contributed by atoms with Crippen LogP contribution in [0.4, 0.5) is 10.5 Å². The number of amides is 2. The first-order valence-electron chi connectivity index (χ1n) is 8.63. The maximum absolute atomic E-state index is 12.8.